The van der Waals surface area contributed by atoms with Crippen molar-refractivity contribution in [1.82, 2.24) is 19.9 Å². The molecule has 0 bridgehead atoms. The van der Waals surface area contributed by atoms with E-state index in [2.05, 4.69) is 50.2 Å². The van der Waals surface area contributed by atoms with Crippen LogP contribution in [0.4, 0.5) is 0 Å². The van der Waals surface area contributed by atoms with E-state index in [-0.39, 0.29) is 0 Å². The second kappa shape index (κ2) is 9.55. The van der Waals surface area contributed by atoms with Gasteiger partial charge in [0, 0.05) is 45.3 Å². The average molecular weight is 397 g/mol. The quantitative estimate of drug-likeness (QED) is 0.751. The van der Waals surface area contributed by atoms with Crippen molar-refractivity contribution in [3.05, 3.63) is 53.4 Å². The van der Waals surface area contributed by atoms with Gasteiger partial charge in [-0.25, -0.2) is 0 Å². The molecule has 1 aromatic heterocycles. The number of nitrogens with zero attached hydrogens (tertiary/aromatic N) is 4. The molecule has 6 nitrogen and oxygen atoms in total. The lowest BCUT2D eigenvalue weighted by Gasteiger charge is -2.36. The van der Waals surface area contributed by atoms with Gasteiger partial charge in [0.15, 0.2) is 5.76 Å². The van der Waals surface area contributed by atoms with E-state index in [1.54, 1.807) is 0 Å². The lowest BCUT2D eigenvalue weighted by atomic mass is 9.90. The zero-order chi connectivity index (χ0) is 20.1. The number of piperidine rings is 1. The van der Waals surface area contributed by atoms with Gasteiger partial charge in [0.2, 0.25) is 5.91 Å². The van der Waals surface area contributed by atoms with Crippen molar-refractivity contribution >= 4 is 5.91 Å². The molecular formula is C23H32N4O2. The van der Waals surface area contributed by atoms with E-state index in [1.165, 1.54) is 5.56 Å². The molecule has 2 aliphatic heterocycles. The maximum Gasteiger partial charge on any atom is 0.236 e. The summed E-state index contributed by atoms with van der Waals surface area (Å²) in [6.45, 7) is 8.91. The van der Waals surface area contributed by atoms with Crippen molar-refractivity contribution in [2.75, 3.05) is 45.8 Å². The molecule has 0 spiro atoms. The van der Waals surface area contributed by atoms with E-state index < -0.39 is 0 Å². The summed E-state index contributed by atoms with van der Waals surface area (Å²) in [6.07, 6.45) is 3.37. The first kappa shape index (κ1) is 20.1. The molecule has 0 saturated carbocycles. The fourth-order valence-corrected chi connectivity index (χ4v) is 4.44. The van der Waals surface area contributed by atoms with Crippen molar-refractivity contribution in [3.63, 3.8) is 0 Å². The first-order chi connectivity index (χ1) is 14.2. The minimum absolute atomic E-state index is 0.294. The molecule has 1 amide bonds. The van der Waals surface area contributed by atoms with Crippen LogP contribution in [0.3, 0.4) is 0 Å². The van der Waals surface area contributed by atoms with Crippen molar-refractivity contribution in [1.29, 1.82) is 0 Å². The molecule has 29 heavy (non-hydrogen) atoms. The Morgan fingerprint density at radius 2 is 1.72 bits per heavy atom. The van der Waals surface area contributed by atoms with E-state index in [4.69, 9.17) is 4.52 Å². The fourth-order valence-electron chi connectivity index (χ4n) is 4.44. The normalized spacial score (nSPS) is 19.6. The topological polar surface area (TPSA) is 52.8 Å². The van der Waals surface area contributed by atoms with Crippen molar-refractivity contribution in [3.8, 4) is 0 Å². The SMILES string of the molecule is Cc1cc(CN2CCN(CC(=O)N3CCC(Cc4ccccc4)CC3)CC2)on1. The number of aromatic nitrogens is 1. The minimum Gasteiger partial charge on any atom is -0.360 e. The molecule has 0 N–H and O–H groups in total. The Balaban J connectivity index is 1.16. The highest BCUT2D eigenvalue weighted by atomic mass is 16.5. The first-order valence-corrected chi connectivity index (χ1v) is 10.8. The van der Waals surface area contributed by atoms with Gasteiger partial charge in [0.1, 0.15) is 0 Å². The van der Waals surface area contributed by atoms with Crippen molar-refractivity contribution in [2.24, 2.45) is 5.92 Å². The van der Waals surface area contributed by atoms with E-state index in [1.807, 2.05) is 13.0 Å². The monoisotopic (exact) mass is 396 g/mol. The van der Waals surface area contributed by atoms with Gasteiger partial charge >= 0.3 is 0 Å². The molecule has 2 saturated heterocycles. The fraction of sp³-hybridized carbons (Fsp3) is 0.565. The van der Waals surface area contributed by atoms with Gasteiger partial charge in [-0.2, -0.15) is 0 Å². The number of hydrogen-bond acceptors (Lipinski definition) is 5. The molecule has 2 aliphatic rings. The highest BCUT2D eigenvalue weighted by Gasteiger charge is 2.26. The van der Waals surface area contributed by atoms with Crippen LogP contribution in [-0.4, -0.2) is 71.6 Å². The molecule has 2 aromatic rings. The molecule has 0 radical (unpaired) electrons. The molecule has 1 aromatic carbocycles. The molecular weight excluding hydrogens is 364 g/mol. The van der Waals surface area contributed by atoms with E-state index in [9.17, 15) is 4.79 Å². The third-order valence-corrected chi connectivity index (χ3v) is 6.21. The number of aryl methyl sites for hydroxylation is 1. The Morgan fingerprint density at radius 3 is 2.38 bits per heavy atom. The smallest absolute Gasteiger partial charge is 0.236 e. The number of benzene rings is 1. The Hall–Kier alpha value is -2.18. The molecule has 3 heterocycles. The Labute approximate surface area is 173 Å². The van der Waals surface area contributed by atoms with Crippen LogP contribution >= 0.6 is 0 Å². The second-order valence-corrected chi connectivity index (χ2v) is 8.50. The number of likely N-dealkylation sites (tertiary alicyclic amines) is 1. The minimum atomic E-state index is 0.294. The largest absolute Gasteiger partial charge is 0.360 e. The summed E-state index contributed by atoms with van der Waals surface area (Å²) < 4.78 is 5.32. The maximum atomic E-state index is 12.8. The average Bonchev–Trinajstić information content (AvgIpc) is 3.15. The lowest BCUT2D eigenvalue weighted by molar-refractivity contribution is -0.134. The van der Waals surface area contributed by atoms with Crippen LogP contribution in [0.25, 0.3) is 0 Å². The predicted molar refractivity (Wildman–Crippen MR) is 112 cm³/mol. The third-order valence-electron chi connectivity index (χ3n) is 6.21. The van der Waals surface area contributed by atoms with E-state index in [0.29, 0.717) is 18.4 Å². The van der Waals surface area contributed by atoms with Gasteiger partial charge in [-0.15, -0.1) is 0 Å². The second-order valence-electron chi connectivity index (χ2n) is 8.50. The molecule has 0 unspecified atom stereocenters. The van der Waals surface area contributed by atoms with Crippen LogP contribution in [0.1, 0.15) is 29.9 Å². The van der Waals surface area contributed by atoms with Gasteiger partial charge in [-0.05, 0) is 37.7 Å². The number of amides is 1. The predicted octanol–water partition coefficient (Wildman–Crippen LogP) is 2.58. The summed E-state index contributed by atoms with van der Waals surface area (Å²) in [5.74, 6) is 1.91. The van der Waals surface area contributed by atoms with Gasteiger partial charge in [-0.3, -0.25) is 14.6 Å². The summed E-state index contributed by atoms with van der Waals surface area (Å²) in [5, 5.41) is 3.95. The van der Waals surface area contributed by atoms with Gasteiger partial charge in [0.05, 0.1) is 18.8 Å². The van der Waals surface area contributed by atoms with Gasteiger partial charge in [-0.1, -0.05) is 35.5 Å². The number of hydrogen-bond donors (Lipinski definition) is 0. The molecule has 0 aliphatic carbocycles. The Kier molecular flexibility index (Phi) is 6.62. The van der Waals surface area contributed by atoms with Gasteiger partial charge in [0.25, 0.3) is 0 Å². The number of carbonyl (C=O) groups excluding carboxylic acids is 1. The first-order valence-electron chi connectivity index (χ1n) is 10.8. The van der Waals surface area contributed by atoms with Gasteiger partial charge < -0.3 is 9.42 Å². The zero-order valence-corrected chi connectivity index (χ0v) is 17.4. The van der Waals surface area contributed by atoms with Crippen LogP contribution in [0.5, 0.6) is 0 Å². The summed E-state index contributed by atoms with van der Waals surface area (Å²) in [6, 6.07) is 12.7. The van der Waals surface area contributed by atoms with Crippen LogP contribution in [0, 0.1) is 12.8 Å². The number of piperazine rings is 1. The maximum absolute atomic E-state index is 12.8. The standard InChI is InChI=1S/C23H32N4O2/c1-19-15-22(29-24-19)17-25-11-13-26(14-12-25)18-23(28)27-9-7-21(8-10-27)16-20-5-3-2-4-6-20/h2-6,15,21H,7-14,16-18H2,1H3. The molecule has 4 rings (SSSR count). The molecule has 6 heteroatoms. The molecule has 2 fully saturated rings. The molecule has 0 atom stereocenters. The Morgan fingerprint density at radius 1 is 1.03 bits per heavy atom. The van der Waals surface area contributed by atoms with Crippen molar-refractivity contribution in [2.45, 2.75) is 32.7 Å². The highest BCUT2D eigenvalue weighted by Crippen LogP contribution is 2.22. The van der Waals surface area contributed by atoms with Crippen LogP contribution in [0.15, 0.2) is 40.9 Å². The summed E-state index contributed by atoms with van der Waals surface area (Å²) >= 11 is 0. The lowest BCUT2D eigenvalue weighted by Crippen LogP contribution is -2.50. The van der Waals surface area contributed by atoms with Crippen molar-refractivity contribution < 1.29 is 9.32 Å². The summed E-state index contributed by atoms with van der Waals surface area (Å²) in [4.78, 5) is 19.5. The Bertz CT molecular complexity index is 775. The number of rotatable bonds is 6. The summed E-state index contributed by atoms with van der Waals surface area (Å²) in [7, 11) is 0. The van der Waals surface area contributed by atoms with Crippen LogP contribution < -0.4 is 0 Å². The third kappa shape index (κ3) is 5.67. The summed E-state index contributed by atoms with van der Waals surface area (Å²) in [5.41, 5.74) is 2.34. The van der Waals surface area contributed by atoms with E-state index in [0.717, 1.165) is 76.5 Å². The van der Waals surface area contributed by atoms with Crippen LogP contribution in [0.2, 0.25) is 0 Å². The number of carbonyl (C=O) groups is 1. The zero-order valence-electron chi connectivity index (χ0n) is 17.4. The molecule has 156 valence electrons. The highest BCUT2D eigenvalue weighted by molar-refractivity contribution is 5.78. The van der Waals surface area contributed by atoms with Crippen LogP contribution in [-0.2, 0) is 17.8 Å². The van der Waals surface area contributed by atoms with E-state index >= 15 is 0 Å².